The van der Waals surface area contributed by atoms with Crippen LogP contribution in [0.1, 0.15) is 40.7 Å². The van der Waals surface area contributed by atoms with Gasteiger partial charge in [0, 0.05) is 17.9 Å². The van der Waals surface area contributed by atoms with Gasteiger partial charge in [-0.05, 0) is 30.2 Å². The summed E-state index contributed by atoms with van der Waals surface area (Å²) >= 11 is 0. The molecule has 1 atom stereocenters. The first-order valence-corrected chi connectivity index (χ1v) is 6.84. The third-order valence-electron chi connectivity index (χ3n) is 3.57. The van der Waals surface area contributed by atoms with Crippen molar-refractivity contribution in [2.24, 2.45) is 0 Å². The van der Waals surface area contributed by atoms with E-state index in [0.717, 1.165) is 23.2 Å². The third kappa shape index (κ3) is 3.57. The molecular formula is C18H18O3. The van der Waals surface area contributed by atoms with E-state index in [2.05, 4.69) is 0 Å². The van der Waals surface area contributed by atoms with Gasteiger partial charge in [0.05, 0.1) is 7.11 Å². The van der Waals surface area contributed by atoms with Crippen molar-refractivity contribution in [2.75, 3.05) is 7.11 Å². The number of Topliss-reactive ketones (excluding diaryl/α,β-unsaturated/α-hetero) is 1. The van der Waals surface area contributed by atoms with Crippen LogP contribution in [0.25, 0.3) is 0 Å². The van der Waals surface area contributed by atoms with Gasteiger partial charge in [0.1, 0.15) is 12.0 Å². The zero-order valence-electron chi connectivity index (χ0n) is 12.2. The van der Waals surface area contributed by atoms with E-state index in [-0.39, 0.29) is 11.7 Å². The number of ketones is 1. The van der Waals surface area contributed by atoms with Crippen LogP contribution in [0.2, 0.25) is 0 Å². The van der Waals surface area contributed by atoms with E-state index in [1.165, 1.54) is 0 Å². The molecule has 0 unspecified atom stereocenters. The van der Waals surface area contributed by atoms with Crippen LogP contribution in [-0.4, -0.2) is 19.2 Å². The quantitative estimate of drug-likeness (QED) is 0.600. The Hall–Kier alpha value is -2.42. The summed E-state index contributed by atoms with van der Waals surface area (Å²) in [6, 6.07) is 15.1. The van der Waals surface area contributed by atoms with Crippen LogP contribution in [0.4, 0.5) is 0 Å². The predicted molar refractivity (Wildman–Crippen MR) is 82.0 cm³/mol. The average Bonchev–Trinajstić information content (AvgIpc) is 2.53. The number of rotatable bonds is 6. The maximum Gasteiger partial charge on any atom is 0.159 e. The van der Waals surface area contributed by atoms with Crippen molar-refractivity contribution in [1.29, 1.82) is 0 Å². The summed E-state index contributed by atoms with van der Waals surface area (Å²) in [5, 5.41) is 0. The highest BCUT2D eigenvalue weighted by molar-refractivity contribution is 5.94. The van der Waals surface area contributed by atoms with Crippen molar-refractivity contribution >= 4 is 12.1 Å². The molecule has 2 aromatic rings. The zero-order chi connectivity index (χ0) is 15.2. The van der Waals surface area contributed by atoms with E-state index in [1.54, 1.807) is 26.2 Å². The lowest BCUT2D eigenvalue weighted by molar-refractivity contribution is -0.108. The fraction of sp³-hybridized carbons (Fsp3) is 0.222. The topological polar surface area (TPSA) is 43.4 Å². The SMILES string of the molecule is COc1ccc([C@H](CC=O)c2ccc(C(C)=O)cc2)cc1. The van der Waals surface area contributed by atoms with E-state index in [0.29, 0.717) is 12.0 Å². The number of hydrogen-bond donors (Lipinski definition) is 0. The third-order valence-corrected chi connectivity index (χ3v) is 3.57. The summed E-state index contributed by atoms with van der Waals surface area (Å²) in [5.41, 5.74) is 2.76. The Kier molecular flexibility index (Phi) is 4.88. The summed E-state index contributed by atoms with van der Waals surface area (Å²) in [5.74, 6) is 0.822. The summed E-state index contributed by atoms with van der Waals surface area (Å²) in [6.07, 6.45) is 1.33. The van der Waals surface area contributed by atoms with E-state index >= 15 is 0 Å². The van der Waals surface area contributed by atoms with Gasteiger partial charge >= 0.3 is 0 Å². The van der Waals surface area contributed by atoms with Gasteiger partial charge in [-0.3, -0.25) is 4.79 Å². The molecule has 21 heavy (non-hydrogen) atoms. The number of ether oxygens (including phenoxy) is 1. The average molecular weight is 282 g/mol. The second kappa shape index (κ2) is 6.84. The van der Waals surface area contributed by atoms with E-state index in [4.69, 9.17) is 4.74 Å². The molecule has 3 heteroatoms. The highest BCUT2D eigenvalue weighted by atomic mass is 16.5. The van der Waals surface area contributed by atoms with Crippen molar-refractivity contribution in [3.05, 3.63) is 65.2 Å². The van der Waals surface area contributed by atoms with Crippen LogP contribution in [0, 0.1) is 0 Å². The Morgan fingerprint density at radius 3 is 2.00 bits per heavy atom. The minimum atomic E-state index is -0.00517. The molecule has 0 bridgehead atoms. The van der Waals surface area contributed by atoms with Crippen LogP contribution in [-0.2, 0) is 4.79 Å². The molecule has 0 aliphatic heterocycles. The summed E-state index contributed by atoms with van der Waals surface area (Å²) in [7, 11) is 1.62. The summed E-state index contributed by atoms with van der Waals surface area (Å²) < 4.78 is 5.15. The van der Waals surface area contributed by atoms with Gasteiger partial charge in [0.15, 0.2) is 5.78 Å². The monoisotopic (exact) mass is 282 g/mol. The first-order chi connectivity index (χ1) is 10.2. The molecule has 0 saturated heterocycles. The second-order valence-electron chi connectivity index (χ2n) is 4.91. The molecule has 0 fully saturated rings. The van der Waals surface area contributed by atoms with E-state index < -0.39 is 0 Å². The van der Waals surface area contributed by atoms with Gasteiger partial charge in [-0.15, -0.1) is 0 Å². The van der Waals surface area contributed by atoms with Crippen molar-refractivity contribution in [3.63, 3.8) is 0 Å². The van der Waals surface area contributed by atoms with Crippen LogP contribution >= 0.6 is 0 Å². The molecule has 0 saturated carbocycles. The van der Waals surface area contributed by atoms with Gasteiger partial charge in [0.25, 0.3) is 0 Å². The first kappa shape index (κ1) is 15.0. The number of hydrogen-bond acceptors (Lipinski definition) is 3. The molecule has 3 nitrogen and oxygen atoms in total. The van der Waals surface area contributed by atoms with Crippen molar-refractivity contribution in [1.82, 2.24) is 0 Å². The van der Waals surface area contributed by atoms with Gasteiger partial charge in [-0.2, -0.15) is 0 Å². The molecular weight excluding hydrogens is 264 g/mol. The van der Waals surface area contributed by atoms with Gasteiger partial charge in [-0.1, -0.05) is 36.4 Å². The largest absolute Gasteiger partial charge is 0.497 e. The molecule has 0 N–H and O–H groups in total. The Balaban J connectivity index is 2.32. The molecule has 108 valence electrons. The van der Waals surface area contributed by atoms with Gasteiger partial charge in [0.2, 0.25) is 0 Å². The minimum Gasteiger partial charge on any atom is -0.497 e. The summed E-state index contributed by atoms with van der Waals surface area (Å²) in [4.78, 5) is 22.3. The number of carbonyl (C=O) groups is 2. The van der Waals surface area contributed by atoms with Crippen LogP contribution in [0.5, 0.6) is 5.75 Å². The maximum absolute atomic E-state index is 11.3. The Morgan fingerprint density at radius 2 is 1.57 bits per heavy atom. The van der Waals surface area contributed by atoms with Crippen molar-refractivity contribution < 1.29 is 14.3 Å². The van der Waals surface area contributed by atoms with E-state index in [9.17, 15) is 9.59 Å². The fourth-order valence-corrected chi connectivity index (χ4v) is 2.35. The molecule has 0 aromatic heterocycles. The van der Waals surface area contributed by atoms with E-state index in [1.807, 2.05) is 36.4 Å². The number of methoxy groups -OCH3 is 1. The molecule has 0 aliphatic rings. The Morgan fingerprint density at radius 1 is 1.05 bits per heavy atom. The zero-order valence-corrected chi connectivity index (χ0v) is 12.2. The Labute approximate surface area is 124 Å². The lowest BCUT2D eigenvalue weighted by Gasteiger charge is -2.16. The molecule has 2 rings (SSSR count). The smallest absolute Gasteiger partial charge is 0.159 e. The fourth-order valence-electron chi connectivity index (χ4n) is 2.35. The normalized spacial score (nSPS) is 11.7. The first-order valence-electron chi connectivity index (χ1n) is 6.84. The standard InChI is InChI=1S/C18H18O3/c1-13(20)14-3-5-15(6-4-14)18(11-12-19)16-7-9-17(21-2)10-8-16/h3-10,12,18H,11H2,1-2H3/t18-/m1/s1. The molecule has 0 spiro atoms. The molecule has 0 aliphatic carbocycles. The number of carbonyl (C=O) groups excluding carboxylic acids is 2. The van der Waals surface area contributed by atoms with Gasteiger partial charge in [-0.25, -0.2) is 0 Å². The van der Waals surface area contributed by atoms with Crippen molar-refractivity contribution in [2.45, 2.75) is 19.3 Å². The van der Waals surface area contributed by atoms with Gasteiger partial charge < -0.3 is 9.53 Å². The van der Waals surface area contributed by atoms with Crippen LogP contribution < -0.4 is 4.74 Å². The molecule has 0 heterocycles. The lowest BCUT2D eigenvalue weighted by atomic mass is 9.88. The number of benzene rings is 2. The number of aldehydes is 1. The molecule has 0 amide bonds. The lowest BCUT2D eigenvalue weighted by Crippen LogP contribution is -2.03. The predicted octanol–water partition coefficient (Wildman–Crippen LogP) is 3.62. The maximum atomic E-state index is 11.3. The molecule has 0 radical (unpaired) electrons. The van der Waals surface area contributed by atoms with Crippen LogP contribution in [0.3, 0.4) is 0 Å². The second-order valence-corrected chi connectivity index (χ2v) is 4.91. The highest BCUT2D eigenvalue weighted by Crippen LogP contribution is 2.28. The molecule has 2 aromatic carbocycles. The summed E-state index contributed by atoms with van der Waals surface area (Å²) in [6.45, 7) is 1.54. The van der Waals surface area contributed by atoms with Crippen molar-refractivity contribution in [3.8, 4) is 5.75 Å². The highest BCUT2D eigenvalue weighted by Gasteiger charge is 2.14. The minimum absolute atomic E-state index is 0.00517. The Bertz CT molecular complexity index is 612. The van der Waals surface area contributed by atoms with Crippen LogP contribution in [0.15, 0.2) is 48.5 Å².